The van der Waals surface area contributed by atoms with Gasteiger partial charge in [-0.2, -0.15) is 0 Å². The Hall–Kier alpha value is -0.860. The Morgan fingerprint density at radius 3 is 2.68 bits per heavy atom. The van der Waals surface area contributed by atoms with Crippen molar-refractivity contribution in [1.29, 1.82) is 0 Å². The van der Waals surface area contributed by atoms with Crippen LogP contribution in [-0.4, -0.2) is 31.1 Å². The quantitative estimate of drug-likeness (QED) is 0.757. The van der Waals surface area contributed by atoms with E-state index in [4.69, 9.17) is 0 Å². The molecule has 1 aliphatic rings. The molecule has 0 heterocycles. The minimum absolute atomic E-state index is 0.777. The zero-order valence-electron chi connectivity index (χ0n) is 12.4. The minimum atomic E-state index is 0.777. The van der Waals surface area contributed by atoms with Gasteiger partial charge in [0.2, 0.25) is 0 Å². The molecule has 1 aromatic rings. The van der Waals surface area contributed by atoms with Gasteiger partial charge in [0, 0.05) is 12.6 Å². The first-order chi connectivity index (χ1) is 9.25. The highest BCUT2D eigenvalue weighted by Crippen LogP contribution is 2.24. The molecule has 1 aliphatic carbocycles. The third-order valence-electron chi connectivity index (χ3n) is 4.28. The van der Waals surface area contributed by atoms with Crippen LogP contribution in [0.25, 0.3) is 0 Å². The van der Waals surface area contributed by atoms with Crippen molar-refractivity contribution in [2.45, 2.75) is 45.2 Å². The van der Waals surface area contributed by atoms with Gasteiger partial charge >= 0.3 is 0 Å². The van der Waals surface area contributed by atoms with Crippen molar-refractivity contribution >= 4 is 0 Å². The van der Waals surface area contributed by atoms with Gasteiger partial charge < -0.3 is 10.2 Å². The second kappa shape index (κ2) is 7.66. The maximum atomic E-state index is 3.72. The fourth-order valence-corrected chi connectivity index (χ4v) is 3.06. The van der Waals surface area contributed by atoms with Crippen LogP contribution >= 0.6 is 0 Å². The Balaban J connectivity index is 1.58. The summed E-state index contributed by atoms with van der Waals surface area (Å²) in [5.41, 5.74) is 1.40. The maximum absolute atomic E-state index is 3.72. The molecular formula is C17H28N2. The van der Waals surface area contributed by atoms with E-state index in [1.807, 2.05) is 0 Å². The van der Waals surface area contributed by atoms with Gasteiger partial charge in [-0.05, 0) is 50.9 Å². The summed E-state index contributed by atoms with van der Waals surface area (Å²) in [6.45, 7) is 5.77. The van der Waals surface area contributed by atoms with Gasteiger partial charge in [-0.15, -0.1) is 0 Å². The smallest absolute Gasteiger partial charge is 0.0230 e. The Kier molecular flexibility index (Phi) is 5.87. The molecule has 2 unspecified atom stereocenters. The van der Waals surface area contributed by atoms with E-state index in [0.717, 1.165) is 25.0 Å². The average Bonchev–Trinajstić information content (AvgIpc) is 2.81. The van der Waals surface area contributed by atoms with E-state index in [9.17, 15) is 0 Å². The summed E-state index contributed by atoms with van der Waals surface area (Å²) in [6.07, 6.45) is 5.44. The maximum Gasteiger partial charge on any atom is 0.0230 e. The highest BCUT2D eigenvalue weighted by molar-refractivity contribution is 5.14. The van der Waals surface area contributed by atoms with Gasteiger partial charge in [-0.25, -0.2) is 0 Å². The second-order valence-electron chi connectivity index (χ2n) is 6.05. The molecule has 0 aromatic heterocycles. The summed E-state index contributed by atoms with van der Waals surface area (Å²) in [4.78, 5) is 2.41. The van der Waals surface area contributed by atoms with Crippen LogP contribution in [0.1, 0.15) is 38.2 Å². The summed E-state index contributed by atoms with van der Waals surface area (Å²) in [5, 5.41) is 3.72. The molecule has 2 nitrogen and oxygen atoms in total. The van der Waals surface area contributed by atoms with Crippen LogP contribution in [-0.2, 0) is 6.54 Å². The standard InChI is InChI=1S/C17H28N2/c1-15-8-6-11-17(15)18-12-7-13-19(2)14-16-9-4-3-5-10-16/h3-5,9-10,15,17-18H,6-8,11-14H2,1-2H3. The molecule has 0 spiro atoms. The molecule has 2 heteroatoms. The molecule has 19 heavy (non-hydrogen) atoms. The van der Waals surface area contributed by atoms with E-state index in [-0.39, 0.29) is 0 Å². The van der Waals surface area contributed by atoms with Gasteiger partial charge in [-0.3, -0.25) is 0 Å². The lowest BCUT2D eigenvalue weighted by Crippen LogP contribution is -2.33. The fourth-order valence-electron chi connectivity index (χ4n) is 3.06. The Bertz CT molecular complexity index is 350. The molecule has 0 bridgehead atoms. The molecule has 2 atom stereocenters. The van der Waals surface area contributed by atoms with E-state index in [1.165, 1.54) is 37.8 Å². The predicted octanol–water partition coefficient (Wildman–Crippen LogP) is 3.29. The van der Waals surface area contributed by atoms with Crippen molar-refractivity contribution in [2.24, 2.45) is 5.92 Å². The lowest BCUT2D eigenvalue weighted by molar-refractivity contribution is 0.312. The summed E-state index contributed by atoms with van der Waals surface area (Å²) in [7, 11) is 2.21. The first kappa shape index (κ1) is 14.5. The Morgan fingerprint density at radius 1 is 1.21 bits per heavy atom. The molecule has 0 saturated heterocycles. The first-order valence-corrected chi connectivity index (χ1v) is 7.71. The van der Waals surface area contributed by atoms with E-state index in [1.54, 1.807) is 0 Å². The van der Waals surface area contributed by atoms with E-state index < -0.39 is 0 Å². The van der Waals surface area contributed by atoms with E-state index in [2.05, 4.69) is 54.5 Å². The summed E-state index contributed by atoms with van der Waals surface area (Å²) < 4.78 is 0. The summed E-state index contributed by atoms with van der Waals surface area (Å²) >= 11 is 0. The Morgan fingerprint density at radius 2 is 2.00 bits per heavy atom. The molecule has 1 N–H and O–H groups in total. The highest BCUT2D eigenvalue weighted by atomic mass is 15.1. The average molecular weight is 260 g/mol. The van der Waals surface area contributed by atoms with Gasteiger partial charge in [-0.1, -0.05) is 43.7 Å². The van der Waals surface area contributed by atoms with Crippen LogP contribution in [0.5, 0.6) is 0 Å². The lowest BCUT2D eigenvalue weighted by atomic mass is 10.1. The molecule has 106 valence electrons. The van der Waals surface area contributed by atoms with Gasteiger partial charge in [0.25, 0.3) is 0 Å². The monoisotopic (exact) mass is 260 g/mol. The third kappa shape index (κ3) is 4.96. The number of nitrogens with zero attached hydrogens (tertiary/aromatic N) is 1. The fraction of sp³-hybridized carbons (Fsp3) is 0.647. The van der Waals surface area contributed by atoms with Crippen molar-refractivity contribution in [1.82, 2.24) is 10.2 Å². The SMILES string of the molecule is CC1CCCC1NCCCN(C)Cc1ccccc1. The number of hydrogen-bond acceptors (Lipinski definition) is 2. The lowest BCUT2D eigenvalue weighted by Gasteiger charge is -2.20. The van der Waals surface area contributed by atoms with Crippen LogP contribution in [0.2, 0.25) is 0 Å². The van der Waals surface area contributed by atoms with Crippen LogP contribution in [0.15, 0.2) is 30.3 Å². The van der Waals surface area contributed by atoms with Crippen molar-refractivity contribution < 1.29 is 0 Å². The molecule has 0 aliphatic heterocycles. The van der Waals surface area contributed by atoms with Crippen molar-refractivity contribution in [2.75, 3.05) is 20.1 Å². The summed E-state index contributed by atoms with van der Waals surface area (Å²) in [5.74, 6) is 0.877. The van der Waals surface area contributed by atoms with Gasteiger partial charge in [0.15, 0.2) is 0 Å². The molecular weight excluding hydrogens is 232 g/mol. The van der Waals surface area contributed by atoms with Crippen LogP contribution in [0.4, 0.5) is 0 Å². The molecule has 0 radical (unpaired) electrons. The predicted molar refractivity (Wildman–Crippen MR) is 82.2 cm³/mol. The van der Waals surface area contributed by atoms with Crippen LogP contribution in [0.3, 0.4) is 0 Å². The Labute approximate surface area is 118 Å². The number of rotatable bonds is 7. The van der Waals surface area contributed by atoms with Crippen molar-refractivity contribution in [3.8, 4) is 0 Å². The number of hydrogen-bond donors (Lipinski definition) is 1. The van der Waals surface area contributed by atoms with E-state index in [0.29, 0.717) is 0 Å². The third-order valence-corrected chi connectivity index (χ3v) is 4.28. The second-order valence-corrected chi connectivity index (χ2v) is 6.05. The van der Waals surface area contributed by atoms with Gasteiger partial charge in [0.05, 0.1) is 0 Å². The van der Waals surface area contributed by atoms with E-state index >= 15 is 0 Å². The largest absolute Gasteiger partial charge is 0.314 e. The molecule has 1 aromatic carbocycles. The molecule has 1 fully saturated rings. The molecule has 2 rings (SSSR count). The van der Waals surface area contributed by atoms with Crippen molar-refractivity contribution in [3.63, 3.8) is 0 Å². The van der Waals surface area contributed by atoms with Crippen LogP contribution in [0, 0.1) is 5.92 Å². The zero-order valence-corrected chi connectivity index (χ0v) is 12.4. The summed E-state index contributed by atoms with van der Waals surface area (Å²) in [6, 6.07) is 11.5. The van der Waals surface area contributed by atoms with Crippen molar-refractivity contribution in [3.05, 3.63) is 35.9 Å². The first-order valence-electron chi connectivity index (χ1n) is 7.71. The normalized spacial score (nSPS) is 23.1. The molecule has 1 saturated carbocycles. The van der Waals surface area contributed by atoms with Crippen LogP contribution < -0.4 is 5.32 Å². The number of nitrogens with one attached hydrogen (secondary N) is 1. The number of benzene rings is 1. The topological polar surface area (TPSA) is 15.3 Å². The minimum Gasteiger partial charge on any atom is -0.314 e. The molecule has 0 amide bonds. The zero-order chi connectivity index (χ0) is 13.5. The van der Waals surface area contributed by atoms with Gasteiger partial charge in [0.1, 0.15) is 0 Å². The highest BCUT2D eigenvalue weighted by Gasteiger charge is 2.21.